The molecular weight excluding hydrogens is 208 g/mol. The largest absolute Gasteiger partial charge is 0.313 e. The molecule has 0 spiro atoms. The summed E-state index contributed by atoms with van der Waals surface area (Å²) in [5, 5.41) is 3.71. The van der Waals surface area contributed by atoms with Crippen molar-refractivity contribution in [2.75, 3.05) is 26.2 Å². The molecule has 1 N–H and O–H groups in total. The molecule has 2 atom stereocenters. The van der Waals surface area contributed by atoms with Crippen LogP contribution in [-0.2, 0) is 0 Å². The molecule has 0 aliphatic carbocycles. The number of likely N-dealkylation sites (tertiary alicyclic amines) is 1. The lowest BCUT2D eigenvalue weighted by atomic mass is 10.0. The van der Waals surface area contributed by atoms with Crippen molar-refractivity contribution in [3.63, 3.8) is 0 Å². The number of hydrogen-bond acceptors (Lipinski definition) is 2. The van der Waals surface area contributed by atoms with Crippen molar-refractivity contribution >= 4 is 0 Å². The van der Waals surface area contributed by atoms with Crippen LogP contribution in [0, 0.1) is 5.92 Å². The van der Waals surface area contributed by atoms with Crippen LogP contribution in [0.5, 0.6) is 0 Å². The van der Waals surface area contributed by atoms with E-state index in [4.69, 9.17) is 0 Å². The summed E-state index contributed by atoms with van der Waals surface area (Å²) in [5.41, 5.74) is 0. The van der Waals surface area contributed by atoms with Crippen molar-refractivity contribution in [3.05, 3.63) is 0 Å². The molecule has 0 saturated carbocycles. The van der Waals surface area contributed by atoms with Crippen molar-refractivity contribution in [1.82, 2.24) is 10.2 Å². The van der Waals surface area contributed by atoms with Gasteiger partial charge in [0.1, 0.15) is 0 Å². The standard InChI is InChI=1S/C15H32N2/c1-4-7-15(16-10-5-2)13-17-11-6-8-14(3)9-12-17/h14-16H,4-13H2,1-3H3. The molecule has 0 aromatic rings. The first-order valence-corrected chi connectivity index (χ1v) is 7.72. The molecule has 0 radical (unpaired) electrons. The van der Waals surface area contributed by atoms with Gasteiger partial charge in [0, 0.05) is 12.6 Å². The third kappa shape index (κ3) is 6.42. The molecule has 0 bridgehead atoms. The fourth-order valence-corrected chi connectivity index (χ4v) is 2.77. The molecule has 1 saturated heterocycles. The zero-order chi connectivity index (χ0) is 12.5. The van der Waals surface area contributed by atoms with Crippen LogP contribution >= 0.6 is 0 Å². The Balaban J connectivity index is 2.31. The average Bonchev–Trinajstić information content (AvgIpc) is 2.52. The molecule has 1 heterocycles. The van der Waals surface area contributed by atoms with Gasteiger partial charge in [0.25, 0.3) is 0 Å². The Kier molecular flexibility index (Phi) is 7.87. The molecule has 102 valence electrons. The van der Waals surface area contributed by atoms with Crippen molar-refractivity contribution < 1.29 is 0 Å². The lowest BCUT2D eigenvalue weighted by Gasteiger charge is -2.27. The number of hydrogen-bond donors (Lipinski definition) is 1. The molecule has 0 aromatic heterocycles. The van der Waals surface area contributed by atoms with Crippen molar-refractivity contribution in [3.8, 4) is 0 Å². The van der Waals surface area contributed by atoms with Crippen molar-refractivity contribution in [2.24, 2.45) is 5.92 Å². The van der Waals surface area contributed by atoms with Gasteiger partial charge in [0.15, 0.2) is 0 Å². The van der Waals surface area contributed by atoms with Crippen LogP contribution in [0.1, 0.15) is 59.3 Å². The third-order valence-electron chi connectivity index (χ3n) is 3.91. The van der Waals surface area contributed by atoms with Crippen LogP contribution in [0.2, 0.25) is 0 Å². The van der Waals surface area contributed by atoms with Gasteiger partial charge in [-0.1, -0.05) is 27.2 Å². The highest BCUT2D eigenvalue weighted by Crippen LogP contribution is 2.16. The summed E-state index contributed by atoms with van der Waals surface area (Å²) < 4.78 is 0. The van der Waals surface area contributed by atoms with Gasteiger partial charge < -0.3 is 10.2 Å². The summed E-state index contributed by atoms with van der Waals surface area (Å²) in [6.45, 7) is 12.0. The lowest BCUT2D eigenvalue weighted by molar-refractivity contribution is 0.241. The Bertz CT molecular complexity index is 180. The maximum atomic E-state index is 3.71. The molecule has 2 unspecified atom stereocenters. The maximum absolute atomic E-state index is 3.71. The quantitative estimate of drug-likeness (QED) is 0.735. The fraction of sp³-hybridized carbons (Fsp3) is 1.00. The summed E-state index contributed by atoms with van der Waals surface area (Å²) in [6.07, 6.45) is 8.09. The highest BCUT2D eigenvalue weighted by Gasteiger charge is 2.17. The highest BCUT2D eigenvalue weighted by molar-refractivity contribution is 4.74. The predicted octanol–water partition coefficient (Wildman–Crippen LogP) is 3.28. The van der Waals surface area contributed by atoms with E-state index in [1.54, 1.807) is 0 Å². The zero-order valence-electron chi connectivity index (χ0n) is 12.2. The summed E-state index contributed by atoms with van der Waals surface area (Å²) in [4.78, 5) is 2.69. The summed E-state index contributed by atoms with van der Waals surface area (Å²) >= 11 is 0. The normalized spacial score (nSPS) is 24.5. The smallest absolute Gasteiger partial charge is 0.0194 e. The molecule has 1 aliphatic rings. The Hall–Kier alpha value is -0.0800. The van der Waals surface area contributed by atoms with E-state index in [1.807, 2.05) is 0 Å². The first-order chi connectivity index (χ1) is 8.26. The van der Waals surface area contributed by atoms with E-state index < -0.39 is 0 Å². The van der Waals surface area contributed by atoms with E-state index in [9.17, 15) is 0 Å². The van der Waals surface area contributed by atoms with Crippen LogP contribution in [0.3, 0.4) is 0 Å². The summed E-state index contributed by atoms with van der Waals surface area (Å²) in [5.74, 6) is 0.938. The number of nitrogens with one attached hydrogen (secondary N) is 1. The van der Waals surface area contributed by atoms with E-state index in [0.717, 1.165) is 5.92 Å². The Morgan fingerprint density at radius 2 is 2.00 bits per heavy atom. The summed E-state index contributed by atoms with van der Waals surface area (Å²) in [6, 6.07) is 0.716. The molecular formula is C15H32N2. The molecule has 1 aliphatic heterocycles. The van der Waals surface area contributed by atoms with Crippen LogP contribution in [0.4, 0.5) is 0 Å². The first kappa shape index (κ1) is 15.0. The molecule has 2 heteroatoms. The third-order valence-corrected chi connectivity index (χ3v) is 3.91. The SMILES string of the molecule is CCCNC(CCC)CN1CCCC(C)CC1. The van der Waals surface area contributed by atoms with E-state index in [1.165, 1.54) is 64.7 Å². The monoisotopic (exact) mass is 240 g/mol. The van der Waals surface area contributed by atoms with Gasteiger partial charge in [0.2, 0.25) is 0 Å². The van der Waals surface area contributed by atoms with Gasteiger partial charge >= 0.3 is 0 Å². The lowest BCUT2D eigenvalue weighted by Crippen LogP contribution is -2.41. The predicted molar refractivity (Wildman–Crippen MR) is 76.4 cm³/mol. The maximum Gasteiger partial charge on any atom is 0.0194 e. The van der Waals surface area contributed by atoms with E-state index in [-0.39, 0.29) is 0 Å². The Morgan fingerprint density at radius 3 is 2.71 bits per heavy atom. The van der Waals surface area contributed by atoms with E-state index in [2.05, 4.69) is 31.0 Å². The minimum Gasteiger partial charge on any atom is -0.313 e. The topological polar surface area (TPSA) is 15.3 Å². The summed E-state index contributed by atoms with van der Waals surface area (Å²) in [7, 11) is 0. The molecule has 0 amide bonds. The molecule has 17 heavy (non-hydrogen) atoms. The van der Waals surface area contributed by atoms with Crippen molar-refractivity contribution in [1.29, 1.82) is 0 Å². The molecule has 0 aromatic carbocycles. The van der Waals surface area contributed by atoms with Crippen LogP contribution in [0.25, 0.3) is 0 Å². The van der Waals surface area contributed by atoms with Gasteiger partial charge in [-0.05, 0) is 57.7 Å². The average molecular weight is 240 g/mol. The second-order valence-corrected chi connectivity index (χ2v) is 5.78. The van der Waals surface area contributed by atoms with Gasteiger partial charge in [-0.2, -0.15) is 0 Å². The second-order valence-electron chi connectivity index (χ2n) is 5.78. The molecule has 1 fully saturated rings. The minimum atomic E-state index is 0.716. The van der Waals surface area contributed by atoms with Crippen LogP contribution in [0.15, 0.2) is 0 Å². The van der Waals surface area contributed by atoms with Gasteiger partial charge in [0.05, 0.1) is 0 Å². The number of rotatable bonds is 7. The zero-order valence-corrected chi connectivity index (χ0v) is 12.2. The van der Waals surface area contributed by atoms with Gasteiger partial charge in [-0.15, -0.1) is 0 Å². The molecule has 1 rings (SSSR count). The van der Waals surface area contributed by atoms with E-state index >= 15 is 0 Å². The highest BCUT2D eigenvalue weighted by atomic mass is 15.1. The van der Waals surface area contributed by atoms with Gasteiger partial charge in [-0.3, -0.25) is 0 Å². The Morgan fingerprint density at radius 1 is 1.18 bits per heavy atom. The minimum absolute atomic E-state index is 0.716. The van der Waals surface area contributed by atoms with Gasteiger partial charge in [-0.25, -0.2) is 0 Å². The van der Waals surface area contributed by atoms with Crippen LogP contribution in [-0.4, -0.2) is 37.1 Å². The first-order valence-electron chi connectivity index (χ1n) is 7.72. The van der Waals surface area contributed by atoms with Crippen molar-refractivity contribution in [2.45, 2.75) is 65.3 Å². The van der Waals surface area contributed by atoms with Crippen LogP contribution < -0.4 is 5.32 Å². The Labute approximate surface area is 108 Å². The fourth-order valence-electron chi connectivity index (χ4n) is 2.77. The molecule has 2 nitrogen and oxygen atoms in total. The number of nitrogens with zero attached hydrogens (tertiary/aromatic N) is 1. The van der Waals surface area contributed by atoms with E-state index in [0.29, 0.717) is 6.04 Å². The second kappa shape index (κ2) is 8.93.